The van der Waals surface area contributed by atoms with Gasteiger partial charge in [0.2, 0.25) is 0 Å². The molecule has 3 aromatic rings. The van der Waals surface area contributed by atoms with Crippen LogP contribution >= 0.6 is 11.3 Å². The van der Waals surface area contributed by atoms with Crippen molar-refractivity contribution in [2.45, 2.75) is 13.1 Å². The summed E-state index contributed by atoms with van der Waals surface area (Å²) in [6.45, 7) is 4.23. The van der Waals surface area contributed by atoms with E-state index in [1.807, 2.05) is 36.9 Å². The molecule has 1 aliphatic heterocycles. The minimum Gasteiger partial charge on any atom is -0.337 e. The number of aromatic nitrogens is 2. The largest absolute Gasteiger partial charge is 0.337 e. The molecule has 0 unspecified atom stereocenters. The summed E-state index contributed by atoms with van der Waals surface area (Å²) in [6.07, 6.45) is 5.72. The molecule has 0 spiro atoms. The maximum atomic E-state index is 13.8. The number of rotatable bonds is 5. The van der Waals surface area contributed by atoms with Crippen LogP contribution < -0.4 is 0 Å². The zero-order valence-corrected chi connectivity index (χ0v) is 13.5. The molecule has 3 nitrogen and oxygen atoms in total. The maximum absolute atomic E-state index is 13.8. The molecule has 0 N–H and O–H groups in total. The van der Waals surface area contributed by atoms with Gasteiger partial charge in [0.05, 0.1) is 6.33 Å². The highest BCUT2D eigenvalue weighted by atomic mass is 32.1. The Hall–Kier alpha value is -1.98. The number of benzene rings is 1. The molecule has 0 atom stereocenters. The molecule has 0 radical (unpaired) electrons. The molecule has 23 heavy (non-hydrogen) atoms. The molecular weight excluding hydrogens is 309 g/mol. The van der Waals surface area contributed by atoms with Gasteiger partial charge in [0.1, 0.15) is 5.82 Å². The monoisotopic (exact) mass is 327 g/mol. The second-order valence-electron chi connectivity index (χ2n) is 6.07. The van der Waals surface area contributed by atoms with Crippen LogP contribution in [0.5, 0.6) is 0 Å². The third-order valence-electron chi connectivity index (χ3n) is 4.24. The van der Waals surface area contributed by atoms with Gasteiger partial charge in [0, 0.05) is 59.8 Å². The summed E-state index contributed by atoms with van der Waals surface area (Å²) < 4.78 is 16.0. The Labute approximate surface area is 139 Å². The van der Waals surface area contributed by atoms with E-state index in [-0.39, 0.29) is 5.82 Å². The van der Waals surface area contributed by atoms with Gasteiger partial charge in [-0.05, 0) is 18.2 Å². The lowest BCUT2D eigenvalue weighted by Crippen LogP contribution is -2.47. The smallest absolute Gasteiger partial charge is 0.131 e. The second kappa shape index (κ2) is 6.26. The van der Waals surface area contributed by atoms with Crippen LogP contribution in [0.25, 0.3) is 10.4 Å². The molecule has 1 saturated heterocycles. The van der Waals surface area contributed by atoms with E-state index in [0.717, 1.165) is 31.1 Å². The van der Waals surface area contributed by atoms with Crippen molar-refractivity contribution in [2.75, 3.05) is 13.1 Å². The molecule has 3 heterocycles. The first-order valence-electron chi connectivity index (χ1n) is 7.79. The van der Waals surface area contributed by atoms with Gasteiger partial charge in [-0.1, -0.05) is 18.2 Å². The van der Waals surface area contributed by atoms with Crippen molar-refractivity contribution in [2.24, 2.45) is 5.92 Å². The van der Waals surface area contributed by atoms with Gasteiger partial charge in [0.15, 0.2) is 0 Å². The quantitative estimate of drug-likeness (QED) is 0.709. The molecule has 0 aliphatic carbocycles. The van der Waals surface area contributed by atoms with Crippen molar-refractivity contribution in [1.82, 2.24) is 14.5 Å². The fourth-order valence-corrected chi connectivity index (χ4v) is 4.18. The molecule has 1 aromatic carbocycles. The van der Waals surface area contributed by atoms with Gasteiger partial charge in [0.25, 0.3) is 0 Å². The Morgan fingerprint density at radius 2 is 2.04 bits per heavy atom. The molecule has 118 valence electrons. The zero-order chi connectivity index (χ0) is 15.6. The highest BCUT2D eigenvalue weighted by Gasteiger charge is 2.27. The van der Waals surface area contributed by atoms with Crippen LogP contribution in [0.1, 0.15) is 4.88 Å². The molecule has 0 bridgehead atoms. The number of halogens is 1. The average molecular weight is 327 g/mol. The van der Waals surface area contributed by atoms with Gasteiger partial charge >= 0.3 is 0 Å². The van der Waals surface area contributed by atoms with Gasteiger partial charge in [-0.25, -0.2) is 9.37 Å². The Balaban J connectivity index is 1.34. The standard InChI is InChI=1S/C18H18FN3S/c19-17-4-2-1-3-16(17)18-6-5-15(23-18)12-22-10-14(11-22)9-21-8-7-20-13-21/h1-8,13-14H,9-12H2. The number of nitrogens with zero attached hydrogens (tertiary/aromatic N) is 3. The summed E-state index contributed by atoms with van der Waals surface area (Å²) in [5, 5.41) is 0. The Bertz CT molecular complexity index is 775. The van der Waals surface area contributed by atoms with Crippen molar-refractivity contribution in [3.05, 3.63) is 65.8 Å². The van der Waals surface area contributed by atoms with Gasteiger partial charge in [-0.2, -0.15) is 0 Å². The number of imidazole rings is 1. The molecule has 2 aromatic heterocycles. The third kappa shape index (κ3) is 3.21. The molecule has 0 saturated carbocycles. The minimum atomic E-state index is -0.148. The van der Waals surface area contributed by atoms with Crippen molar-refractivity contribution in [3.63, 3.8) is 0 Å². The number of hydrogen-bond acceptors (Lipinski definition) is 3. The summed E-state index contributed by atoms with van der Waals surface area (Å²) in [5.41, 5.74) is 0.699. The normalized spacial score (nSPS) is 15.7. The average Bonchev–Trinajstić information content (AvgIpc) is 3.17. The second-order valence-corrected chi connectivity index (χ2v) is 7.23. The van der Waals surface area contributed by atoms with Crippen LogP contribution in [0.2, 0.25) is 0 Å². The zero-order valence-electron chi connectivity index (χ0n) is 12.7. The van der Waals surface area contributed by atoms with Crippen LogP contribution in [-0.2, 0) is 13.1 Å². The molecule has 0 amide bonds. The van der Waals surface area contributed by atoms with E-state index < -0.39 is 0 Å². The Kier molecular flexibility index (Phi) is 3.97. The number of hydrogen-bond donors (Lipinski definition) is 0. The summed E-state index contributed by atoms with van der Waals surface area (Å²) >= 11 is 1.69. The first-order valence-corrected chi connectivity index (χ1v) is 8.61. The Morgan fingerprint density at radius 1 is 1.17 bits per heavy atom. The third-order valence-corrected chi connectivity index (χ3v) is 5.34. The topological polar surface area (TPSA) is 21.1 Å². The molecular formula is C18H18FN3S. The van der Waals surface area contributed by atoms with Crippen LogP contribution in [0.15, 0.2) is 55.1 Å². The lowest BCUT2D eigenvalue weighted by atomic mass is 10.0. The van der Waals surface area contributed by atoms with Gasteiger partial charge < -0.3 is 4.57 Å². The first kappa shape index (κ1) is 14.6. The predicted molar refractivity (Wildman–Crippen MR) is 90.7 cm³/mol. The van der Waals surface area contributed by atoms with E-state index in [0.29, 0.717) is 11.5 Å². The lowest BCUT2D eigenvalue weighted by Gasteiger charge is -2.39. The molecule has 5 heteroatoms. The highest BCUT2D eigenvalue weighted by molar-refractivity contribution is 7.15. The van der Waals surface area contributed by atoms with Crippen molar-refractivity contribution in [1.29, 1.82) is 0 Å². The number of thiophene rings is 1. The van der Waals surface area contributed by atoms with Gasteiger partial charge in [-0.15, -0.1) is 11.3 Å². The van der Waals surface area contributed by atoms with E-state index in [4.69, 9.17) is 0 Å². The van der Waals surface area contributed by atoms with Crippen molar-refractivity contribution in [3.8, 4) is 10.4 Å². The summed E-state index contributed by atoms with van der Waals surface area (Å²) in [5.74, 6) is 0.556. The Morgan fingerprint density at radius 3 is 2.83 bits per heavy atom. The summed E-state index contributed by atoms with van der Waals surface area (Å²) in [7, 11) is 0. The van der Waals surface area contributed by atoms with Crippen LogP contribution in [0.4, 0.5) is 4.39 Å². The van der Waals surface area contributed by atoms with E-state index in [1.54, 1.807) is 17.4 Å². The first-order chi connectivity index (χ1) is 11.3. The van der Waals surface area contributed by atoms with Crippen LogP contribution in [0, 0.1) is 11.7 Å². The SMILES string of the molecule is Fc1ccccc1-c1ccc(CN2CC(Cn3ccnc3)C2)s1. The van der Waals surface area contributed by atoms with E-state index >= 15 is 0 Å². The van der Waals surface area contributed by atoms with E-state index in [1.165, 1.54) is 10.9 Å². The molecule has 1 fully saturated rings. The summed E-state index contributed by atoms with van der Waals surface area (Å²) in [4.78, 5) is 8.83. The number of likely N-dealkylation sites (tertiary alicyclic amines) is 1. The lowest BCUT2D eigenvalue weighted by molar-refractivity contribution is 0.0814. The van der Waals surface area contributed by atoms with Crippen molar-refractivity contribution < 1.29 is 4.39 Å². The van der Waals surface area contributed by atoms with Crippen LogP contribution in [0.3, 0.4) is 0 Å². The van der Waals surface area contributed by atoms with Crippen molar-refractivity contribution >= 4 is 11.3 Å². The minimum absolute atomic E-state index is 0.148. The fourth-order valence-electron chi connectivity index (χ4n) is 3.10. The van der Waals surface area contributed by atoms with Crippen LogP contribution in [-0.4, -0.2) is 27.5 Å². The predicted octanol–water partition coefficient (Wildman–Crippen LogP) is 3.88. The molecule has 1 aliphatic rings. The van der Waals surface area contributed by atoms with Gasteiger partial charge in [-0.3, -0.25) is 4.90 Å². The fraction of sp³-hybridized carbons (Fsp3) is 0.278. The van der Waals surface area contributed by atoms with E-state index in [9.17, 15) is 4.39 Å². The van der Waals surface area contributed by atoms with E-state index in [2.05, 4.69) is 20.5 Å². The molecule has 4 rings (SSSR count). The summed E-state index contributed by atoms with van der Waals surface area (Å²) in [6, 6.07) is 11.1. The highest BCUT2D eigenvalue weighted by Crippen LogP contribution is 2.31. The maximum Gasteiger partial charge on any atom is 0.131 e.